The van der Waals surface area contributed by atoms with Gasteiger partial charge in [0.15, 0.2) is 18.1 Å². The van der Waals surface area contributed by atoms with E-state index in [2.05, 4.69) is 5.32 Å². The summed E-state index contributed by atoms with van der Waals surface area (Å²) in [6.07, 6.45) is 0. The first-order valence-corrected chi connectivity index (χ1v) is 6.08. The SMILES string of the molecule is COc1cccc(CO)c1OCC(=O)NC(C)(C)C. The minimum atomic E-state index is -0.305. The van der Waals surface area contributed by atoms with Crippen LogP contribution in [0, 0.1) is 0 Å². The van der Waals surface area contributed by atoms with Crippen LogP contribution in [0.5, 0.6) is 11.5 Å². The van der Waals surface area contributed by atoms with Crippen molar-refractivity contribution in [3.8, 4) is 11.5 Å². The molecule has 0 atom stereocenters. The van der Waals surface area contributed by atoms with Gasteiger partial charge in [-0.05, 0) is 26.8 Å². The van der Waals surface area contributed by atoms with Gasteiger partial charge in [0.1, 0.15) is 0 Å². The lowest BCUT2D eigenvalue weighted by atomic mass is 10.1. The van der Waals surface area contributed by atoms with Gasteiger partial charge < -0.3 is 19.9 Å². The van der Waals surface area contributed by atoms with Crippen molar-refractivity contribution in [2.24, 2.45) is 0 Å². The Labute approximate surface area is 113 Å². The number of carbonyl (C=O) groups is 1. The highest BCUT2D eigenvalue weighted by Crippen LogP contribution is 2.30. The lowest BCUT2D eigenvalue weighted by molar-refractivity contribution is -0.124. The number of nitrogens with one attached hydrogen (secondary N) is 1. The Kier molecular flexibility index (Phi) is 5.18. The fourth-order valence-electron chi connectivity index (χ4n) is 1.60. The zero-order chi connectivity index (χ0) is 14.5. The highest BCUT2D eigenvalue weighted by molar-refractivity contribution is 5.78. The van der Waals surface area contributed by atoms with E-state index in [1.807, 2.05) is 20.8 Å². The number of rotatable bonds is 5. The van der Waals surface area contributed by atoms with E-state index in [0.717, 1.165) is 0 Å². The van der Waals surface area contributed by atoms with E-state index in [-0.39, 0.29) is 24.7 Å². The Balaban J connectivity index is 2.74. The topological polar surface area (TPSA) is 67.8 Å². The van der Waals surface area contributed by atoms with Crippen molar-refractivity contribution in [1.29, 1.82) is 0 Å². The zero-order valence-corrected chi connectivity index (χ0v) is 11.8. The molecule has 5 nitrogen and oxygen atoms in total. The van der Waals surface area contributed by atoms with E-state index in [1.54, 1.807) is 18.2 Å². The summed E-state index contributed by atoms with van der Waals surface area (Å²) in [4.78, 5) is 11.7. The number of methoxy groups -OCH3 is 1. The first-order chi connectivity index (χ1) is 8.87. The van der Waals surface area contributed by atoms with E-state index >= 15 is 0 Å². The van der Waals surface area contributed by atoms with Gasteiger partial charge in [-0.15, -0.1) is 0 Å². The Morgan fingerprint density at radius 3 is 2.58 bits per heavy atom. The molecular formula is C14H21NO4. The summed E-state index contributed by atoms with van der Waals surface area (Å²) in [5.41, 5.74) is 0.281. The average Bonchev–Trinajstić information content (AvgIpc) is 2.33. The molecule has 106 valence electrons. The molecule has 0 saturated carbocycles. The average molecular weight is 267 g/mol. The van der Waals surface area contributed by atoms with Crippen molar-refractivity contribution in [1.82, 2.24) is 5.32 Å². The summed E-state index contributed by atoms with van der Waals surface area (Å²) >= 11 is 0. The van der Waals surface area contributed by atoms with Gasteiger partial charge in [-0.25, -0.2) is 0 Å². The van der Waals surface area contributed by atoms with Crippen LogP contribution in [0.4, 0.5) is 0 Å². The lowest BCUT2D eigenvalue weighted by Crippen LogP contribution is -2.43. The lowest BCUT2D eigenvalue weighted by Gasteiger charge is -2.21. The highest BCUT2D eigenvalue weighted by atomic mass is 16.5. The molecule has 1 aromatic carbocycles. The molecule has 0 unspecified atom stereocenters. The van der Waals surface area contributed by atoms with E-state index in [0.29, 0.717) is 17.1 Å². The van der Waals surface area contributed by atoms with Crippen LogP contribution in [0.1, 0.15) is 26.3 Å². The van der Waals surface area contributed by atoms with Gasteiger partial charge in [-0.1, -0.05) is 12.1 Å². The fraction of sp³-hybridized carbons (Fsp3) is 0.500. The Morgan fingerprint density at radius 2 is 2.05 bits per heavy atom. The molecule has 0 aliphatic heterocycles. The first-order valence-electron chi connectivity index (χ1n) is 6.08. The molecule has 0 heterocycles. The fourth-order valence-corrected chi connectivity index (χ4v) is 1.60. The predicted molar refractivity (Wildman–Crippen MR) is 72.3 cm³/mol. The quantitative estimate of drug-likeness (QED) is 0.848. The van der Waals surface area contributed by atoms with Crippen molar-refractivity contribution >= 4 is 5.91 Å². The number of aliphatic hydroxyl groups is 1. The van der Waals surface area contributed by atoms with Crippen LogP contribution in [0.25, 0.3) is 0 Å². The maximum atomic E-state index is 11.7. The molecule has 0 aromatic heterocycles. The smallest absolute Gasteiger partial charge is 0.258 e. The molecule has 1 aromatic rings. The number of ether oxygens (including phenoxy) is 2. The molecule has 0 radical (unpaired) electrons. The minimum Gasteiger partial charge on any atom is -0.493 e. The van der Waals surface area contributed by atoms with Crippen molar-refractivity contribution in [3.05, 3.63) is 23.8 Å². The summed E-state index contributed by atoms with van der Waals surface area (Å²) in [6, 6.07) is 5.20. The minimum absolute atomic E-state index is 0.120. The highest BCUT2D eigenvalue weighted by Gasteiger charge is 2.16. The number of benzene rings is 1. The number of aliphatic hydroxyl groups excluding tert-OH is 1. The third-order valence-corrected chi connectivity index (χ3v) is 2.31. The van der Waals surface area contributed by atoms with Gasteiger partial charge in [0, 0.05) is 11.1 Å². The molecule has 1 amide bonds. The number of carbonyl (C=O) groups excluding carboxylic acids is 1. The molecule has 5 heteroatoms. The van der Waals surface area contributed by atoms with Crippen molar-refractivity contribution in [2.75, 3.05) is 13.7 Å². The summed E-state index contributed by atoms with van der Waals surface area (Å²) in [6.45, 7) is 5.39. The molecule has 1 rings (SSSR count). The third kappa shape index (κ3) is 4.79. The van der Waals surface area contributed by atoms with Crippen molar-refractivity contribution < 1.29 is 19.4 Å². The zero-order valence-electron chi connectivity index (χ0n) is 11.8. The van der Waals surface area contributed by atoms with Gasteiger partial charge in [0.2, 0.25) is 0 Å². The molecule has 2 N–H and O–H groups in total. The monoisotopic (exact) mass is 267 g/mol. The number of amides is 1. The van der Waals surface area contributed by atoms with E-state index in [9.17, 15) is 9.90 Å². The number of para-hydroxylation sites is 1. The second kappa shape index (κ2) is 6.43. The standard InChI is InChI=1S/C14H21NO4/c1-14(2,3)15-12(17)9-19-13-10(8-16)6-5-7-11(13)18-4/h5-7,16H,8-9H2,1-4H3,(H,15,17). The van der Waals surface area contributed by atoms with Crippen LogP contribution in [0.2, 0.25) is 0 Å². The third-order valence-electron chi connectivity index (χ3n) is 2.31. The summed E-state index contributed by atoms with van der Waals surface area (Å²) in [5.74, 6) is 0.675. The largest absolute Gasteiger partial charge is 0.493 e. The van der Waals surface area contributed by atoms with Crippen LogP contribution < -0.4 is 14.8 Å². The van der Waals surface area contributed by atoms with Crippen LogP contribution in [0.3, 0.4) is 0 Å². The predicted octanol–water partition coefficient (Wildman–Crippen LogP) is 1.48. The molecule has 0 saturated heterocycles. The van der Waals surface area contributed by atoms with Gasteiger partial charge in [0.25, 0.3) is 5.91 Å². The van der Waals surface area contributed by atoms with Crippen LogP contribution in [0.15, 0.2) is 18.2 Å². The van der Waals surface area contributed by atoms with Gasteiger partial charge in [0.05, 0.1) is 13.7 Å². The molecule has 0 bridgehead atoms. The first kappa shape index (κ1) is 15.3. The summed E-state index contributed by atoms with van der Waals surface area (Å²) < 4.78 is 10.6. The van der Waals surface area contributed by atoms with Gasteiger partial charge in [-0.2, -0.15) is 0 Å². The molecule has 0 fully saturated rings. The van der Waals surface area contributed by atoms with Crippen LogP contribution in [-0.4, -0.2) is 30.3 Å². The maximum absolute atomic E-state index is 11.7. The molecule has 0 spiro atoms. The van der Waals surface area contributed by atoms with Crippen LogP contribution in [-0.2, 0) is 11.4 Å². The second-order valence-electron chi connectivity index (χ2n) is 5.19. The van der Waals surface area contributed by atoms with Gasteiger partial charge in [-0.3, -0.25) is 4.79 Å². The Morgan fingerprint density at radius 1 is 1.37 bits per heavy atom. The summed E-state index contributed by atoms with van der Waals surface area (Å²) in [5, 5.41) is 12.1. The molecule has 19 heavy (non-hydrogen) atoms. The maximum Gasteiger partial charge on any atom is 0.258 e. The molecule has 0 aliphatic carbocycles. The Hall–Kier alpha value is -1.75. The normalized spacial score (nSPS) is 11.0. The van der Waals surface area contributed by atoms with Crippen molar-refractivity contribution in [3.63, 3.8) is 0 Å². The van der Waals surface area contributed by atoms with E-state index in [4.69, 9.17) is 9.47 Å². The van der Waals surface area contributed by atoms with E-state index < -0.39 is 0 Å². The Bertz CT molecular complexity index is 415. The second-order valence-corrected chi connectivity index (χ2v) is 5.19. The van der Waals surface area contributed by atoms with Gasteiger partial charge >= 0.3 is 0 Å². The van der Waals surface area contributed by atoms with E-state index in [1.165, 1.54) is 7.11 Å². The number of hydrogen-bond acceptors (Lipinski definition) is 4. The molecule has 0 aliphatic rings. The van der Waals surface area contributed by atoms with Crippen LogP contribution >= 0.6 is 0 Å². The number of hydrogen-bond donors (Lipinski definition) is 2. The summed E-state index contributed by atoms with van der Waals surface area (Å²) in [7, 11) is 1.51. The molecular weight excluding hydrogens is 246 g/mol. The van der Waals surface area contributed by atoms with Crippen molar-refractivity contribution in [2.45, 2.75) is 32.9 Å².